The van der Waals surface area contributed by atoms with Gasteiger partial charge in [-0.15, -0.1) is 0 Å². The quantitative estimate of drug-likeness (QED) is 0.546. The number of benzene rings is 1. The minimum absolute atomic E-state index is 0.116. The van der Waals surface area contributed by atoms with Crippen LogP contribution in [0.15, 0.2) is 49.1 Å². The molecule has 0 fully saturated rings. The zero-order valence-electron chi connectivity index (χ0n) is 15.7. The van der Waals surface area contributed by atoms with E-state index in [1.807, 2.05) is 24.0 Å². The van der Waals surface area contributed by atoms with Crippen LogP contribution in [-0.2, 0) is 21.5 Å². The molecule has 134 valence electrons. The molecule has 0 unspecified atom stereocenters. The zero-order chi connectivity index (χ0) is 18.3. The molecule has 2 rings (SSSR count). The van der Waals surface area contributed by atoms with E-state index >= 15 is 0 Å². The molecule has 0 aliphatic heterocycles. The van der Waals surface area contributed by atoms with Crippen LogP contribution in [0.1, 0.15) is 51.7 Å². The summed E-state index contributed by atoms with van der Waals surface area (Å²) in [6.45, 7) is 9.68. The highest BCUT2D eigenvalue weighted by Crippen LogP contribution is 2.26. The first-order chi connectivity index (χ1) is 11.9. The van der Waals surface area contributed by atoms with E-state index in [0.29, 0.717) is 6.61 Å². The molecule has 25 heavy (non-hydrogen) atoms. The molecule has 2 aromatic rings. The molecular formula is C21H28N2O2. The molecule has 0 N–H and O–H groups in total. The smallest absolute Gasteiger partial charge is 0.331 e. The molecule has 1 heterocycles. The summed E-state index contributed by atoms with van der Waals surface area (Å²) in [5.41, 5.74) is 3.49. The summed E-state index contributed by atoms with van der Waals surface area (Å²) in [5, 5.41) is 0. The average molecular weight is 340 g/mol. The van der Waals surface area contributed by atoms with Crippen molar-refractivity contribution in [1.82, 2.24) is 9.55 Å². The van der Waals surface area contributed by atoms with Gasteiger partial charge in [0.05, 0.1) is 12.9 Å². The Morgan fingerprint density at radius 1 is 1.24 bits per heavy atom. The summed E-state index contributed by atoms with van der Waals surface area (Å²) in [6.07, 6.45) is 8.91. The maximum atomic E-state index is 11.9. The molecule has 0 saturated carbocycles. The lowest BCUT2D eigenvalue weighted by atomic mass is 9.86. The number of carbonyl (C=O) groups is 1. The Hall–Kier alpha value is -2.36. The summed E-state index contributed by atoms with van der Waals surface area (Å²) in [6, 6.07) is 8.49. The Morgan fingerprint density at radius 3 is 2.52 bits per heavy atom. The van der Waals surface area contributed by atoms with Gasteiger partial charge in [-0.1, -0.05) is 45.0 Å². The van der Waals surface area contributed by atoms with Gasteiger partial charge in [0, 0.05) is 25.0 Å². The van der Waals surface area contributed by atoms with Gasteiger partial charge < -0.3 is 9.30 Å². The Balaban J connectivity index is 2.14. The zero-order valence-corrected chi connectivity index (χ0v) is 15.7. The summed E-state index contributed by atoms with van der Waals surface area (Å²) in [5.74, 6) is -0.278. The fourth-order valence-corrected chi connectivity index (χ4v) is 2.68. The molecule has 4 heteroatoms. The van der Waals surface area contributed by atoms with Crippen LogP contribution in [0.4, 0.5) is 0 Å². The minimum atomic E-state index is -0.278. The first-order valence-electron chi connectivity index (χ1n) is 8.84. The molecule has 0 aliphatic rings. The number of hydrogen-bond acceptors (Lipinski definition) is 3. The van der Waals surface area contributed by atoms with Gasteiger partial charge in [0.1, 0.15) is 0 Å². The van der Waals surface area contributed by atoms with E-state index in [9.17, 15) is 4.79 Å². The second-order valence-electron chi connectivity index (χ2n) is 7.15. The topological polar surface area (TPSA) is 44.1 Å². The van der Waals surface area contributed by atoms with Gasteiger partial charge in [0.2, 0.25) is 0 Å². The van der Waals surface area contributed by atoms with Crippen LogP contribution in [0.3, 0.4) is 0 Å². The third kappa shape index (κ3) is 5.89. The number of nitrogens with zero attached hydrogens (tertiary/aromatic N) is 2. The summed E-state index contributed by atoms with van der Waals surface area (Å²) < 4.78 is 7.14. The van der Waals surface area contributed by atoms with Crippen LogP contribution in [0.2, 0.25) is 0 Å². The molecular weight excluding hydrogens is 312 g/mol. The van der Waals surface area contributed by atoms with Gasteiger partial charge in [-0.25, -0.2) is 9.78 Å². The van der Waals surface area contributed by atoms with Gasteiger partial charge >= 0.3 is 5.97 Å². The minimum Gasteiger partial charge on any atom is -0.463 e. The first kappa shape index (κ1) is 19.0. The summed E-state index contributed by atoms with van der Waals surface area (Å²) in [4.78, 5) is 16.0. The fraction of sp³-hybridized carbons (Fsp3) is 0.429. The van der Waals surface area contributed by atoms with E-state index < -0.39 is 0 Å². The number of imidazole rings is 1. The molecule has 4 nitrogen and oxygen atoms in total. The van der Waals surface area contributed by atoms with Crippen LogP contribution < -0.4 is 0 Å². The monoisotopic (exact) mass is 340 g/mol. The number of aromatic nitrogens is 2. The standard InChI is InChI=1S/C21H28N2O2/c1-5-25-20(24)15-18(7-6-13-23-14-12-22-16-23)17-8-10-19(11-9-17)21(2,3)4/h8-12,14-16H,5-7,13H2,1-4H3. The predicted molar refractivity (Wildman–Crippen MR) is 101 cm³/mol. The molecule has 1 aromatic carbocycles. The average Bonchev–Trinajstić information content (AvgIpc) is 3.07. The number of rotatable bonds is 7. The van der Waals surface area contributed by atoms with Crippen molar-refractivity contribution < 1.29 is 9.53 Å². The third-order valence-corrected chi connectivity index (χ3v) is 4.12. The Bertz CT molecular complexity index is 692. The third-order valence-electron chi connectivity index (χ3n) is 4.12. The number of hydrogen-bond donors (Lipinski definition) is 0. The molecule has 0 radical (unpaired) electrons. The van der Waals surface area contributed by atoms with Crippen molar-refractivity contribution in [2.75, 3.05) is 6.61 Å². The van der Waals surface area contributed by atoms with Crippen LogP contribution in [0.25, 0.3) is 5.57 Å². The number of allylic oxidation sites excluding steroid dienone is 1. The summed E-state index contributed by atoms with van der Waals surface area (Å²) >= 11 is 0. The van der Waals surface area contributed by atoms with E-state index in [4.69, 9.17) is 4.74 Å². The molecule has 0 saturated heterocycles. The Kier molecular flexibility index (Phi) is 6.57. The second kappa shape index (κ2) is 8.65. The molecule has 0 amide bonds. The highest BCUT2D eigenvalue weighted by atomic mass is 16.5. The predicted octanol–water partition coefficient (Wildman–Crippen LogP) is 4.61. The van der Waals surface area contributed by atoms with E-state index in [0.717, 1.165) is 30.5 Å². The first-order valence-corrected chi connectivity index (χ1v) is 8.84. The van der Waals surface area contributed by atoms with Crippen molar-refractivity contribution in [2.45, 2.75) is 52.5 Å². The maximum Gasteiger partial charge on any atom is 0.331 e. The largest absolute Gasteiger partial charge is 0.463 e. The van der Waals surface area contributed by atoms with Crippen LogP contribution in [0, 0.1) is 0 Å². The van der Waals surface area contributed by atoms with Gasteiger partial charge in [0.25, 0.3) is 0 Å². The Morgan fingerprint density at radius 2 is 1.96 bits per heavy atom. The summed E-state index contributed by atoms with van der Waals surface area (Å²) in [7, 11) is 0. The van der Waals surface area contributed by atoms with Crippen molar-refractivity contribution in [3.63, 3.8) is 0 Å². The van der Waals surface area contributed by atoms with Crippen molar-refractivity contribution in [1.29, 1.82) is 0 Å². The van der Waals surface area contributed by atoms with Crippen molar-refractivity contribution in [2.24, 2.45) is 0 Å². The van der Waals surface area contributed by atoms with Gasteiger partial charge in [0.15, 0.2) is 0 Å². The maximum absolute atomic E-state index is 11.9. The lowest BCUT2D eigenvalue weighted by Crippen LogP contribution is -2.10. The van der Waals surface area contributed by atoms with Gasteiger partial charge in [-0.3, -0.25) is 0 Å². The normalized spacial score (nSPS) is 12.2. The SMILES string of the molecule is CCOC(=O)C=C(CCCn1ccnc1)c1ccc(C(C)(C)C)cc1. The molecule has 1 aromatic heterocycles. The van der Waals surface area contributed by atoms with Crippen molar-refractivity contribution >= 4 is 11.5 Å². The van der Waals surface area contributed by atoms with Crippen molar-refractivity contribution in [3.05, 3.63) is 60.2 Å². The Labute approximate surface area is 150 Å². The number of carbonyl (C=O) groups excluding carboxylic acids is 1. The van der Waals surface area contributed by atoms with E-state index in [-0.39, 0.29) is 11.4 Å². The van der Waals surface area contributed by atoms with Gasteiger partial charge in [-0.2, -0.15) is 0 Å². The molecule has 0 spiro atoms. The number of aryl methyl sites for hydroxylation is 1. The molecule has 0 bridgehead atoms. The van der Waals surface area contributed by atoms with Crippen molar-refractivity contribution in [3.8, 4) is 0 Å². The van der Waals surface area contributed by atoms with E-state index in [2.05, 4.69) is 50.0 Å². The van der Waals surface area contributed by atoms with Crippen LogP contribution >= 0.6 is 0 Å². The number of ether oxygens (including phenoxy) is 1. The second-order valence-corrected chi connectivity index (χ2v) is 7.15. The molecule has 0 aliphatic carbocycles. The molecule has 0 atom stereocenters. The highest BCUT2D eigenvalue weighted by Gasteiger charge is 2.14. The van der Waals surface area contributed by atoms with Crippen LogP contribution in [0.5, 0.6) is 0 Å². The van der Waals surface area contributed by atoms with Gasteiger partial charge in [-0.05, 0) is 41.9 Å². The van der Waals surface area contributed by atoms with Crippen LogP contribution in [-0.4, -0.2) is 22.1 Å². The lowest BCUT2D eigenvalue weighted by Gasteiger charge is -2.19. The lowest BCUT2D eigenvalue weighted by molar-refractivity contribution is -0.137. The number of esters is 1. The highest BCUT2D eigenvalue weighted by molar-refractivity contribution is 5.91. The van der Waals surface area contributed by atoms with E-state index in [1.165, 1.54) is 5.56 Å². The fourth-order valence-electron chi connectivity index (χ4n) is 2.68. The van der Waals surface area contributed by atoms with E-state index in [1.54, 1.807) is 12.3 Å².